The van der Waals surface area contributed by atoms with Crippen LogP contribution in [0.2, 0.25) is 0 Å². The summed E-state index contributed by atoms with van der Waals surface area (Å²) in [5.41, 5.74) is 4.08. The summed E-state index contributed by atoms with van der Waals surface area (Å²) >= 11 is 0. The van der Waals surface area contributed by atoms with E-state index in [0.717, 1.165) is 0 Å². The van der Waals surface area contributed by atoms with Gasteiger partial charge in [-0.1, -0.05) is 12.1 Å². The summed E-state index contributed by atoms with van der Waals surface area (Å²) in [5.74, 6) is 0.717. The number of ether oxygens (including phenoxy) is 2. The quantitative estimate of drug-likeness (QED) is 0.608. The molecule has 136 valence electrons. The molecule has 1 aliphatic rings. The lowest BCUT2D eigenvalue weighted by Crippen LogP contribution is -2.20. The lowest BCUT2D eigenvalue weighted by atomic mass is 10.1. The van der Waals surface area contributed by atoms with Crippen molar-refractivity contribution in [1.29, 1.82) is 0 Å². The number of hydrogen-bond acceptors (Lipinski definition) is 6. The van der Waals surface area contributed by atoms with Crippen molar-refractivity contribution in [1.82, 2.24) is 10.1 Å². The lowest BCUT2D eigenvalue weighted by Gasteiger charge is -2.06. The van der Waals surface area contributed by atoms with Gasteiger partial charge in [-0.05, 0) is 49.9 Å². The summed E-state index contributed by atoms with van der Waals surface area (Å²) in [6.45, 7) is 1.85. The molecule has 0 aromatic heterocycles. The van der Waals surface area contributed by atoms with Gasteiger partial charge in [-0.2, -0.15) is 5.10 Å². The van der Waals surface area contributed by atoms with Gasteiger partial charge in [0.25, 0.3) is 5.91 Å². The fourth-order valence-corrected chi connectivity index (χ4v) is 3.02. The molecule has 0 fully saturated rings. The Balaban J connectivity index is 1.71. The topological polar surface area (TPSA) is 106 Å². The lowest BCUT2D eigenvalue weighted by molar-refractivity contribution is 0.0954. The van der Waals surface area contributed by atoms with Crippen LogP contribution in [0.4, 0.5) is 0 Å². The fraction of sp³-hybridized carbons (Fsp3) is 0.176. The highest BCUT2D eigenvalue weighted by atomic mass is 32.2. The Bertz CT molecular complexity index is 968. The van der Waals surface area contributed by atoms with Crippen molar-refractivity contribution in [2.45, 2.75) is 11.8 Å². The molecule has 0 saturated heterocycles. The molecule has 0 saturated carbocycles. The number of nitrogens with one attached hydrogen (secondary N) is 2. The van der Waals surface area contributed by atoms with E-state index >= 15 is 0 Å². The molecule has 1 amide bonds. The highest BCUT2D eigenvalue weighted by molar-refractivity contribution is 7.89. The minimum Gasteiger partial charge on any atom is -0.454 e. The maximum atomic E-state index is 12.2. The summed E-state index contributed by atoms with van der Waals surface area (Å²) in [4.78, 5) is 12.4. The maximum absolute atomic E-state index is 12.2. The number of carbonyl (C=O) groups excluding carboxylic acids is 1. The van der Waals surface area contributed by atoms with Crippen LogP contribution < -0.4 is 19.6 Å². The predicted molar refractivity (Wildman–Crippen MR) is 94.9 cm³/mol. The van der Waals surface area contributed by atoms with Gasteiger partial charge in [0.05, 0.1) is 10.6 Å². The van der Waals surface area contributed by atoms with Crippen LogP contribution in [0.5, 0.6) is 11.5 Å². The van der Waals surface area contributed by atoms with Gasteiger partial charge in [-0.25, -0.2) is 18.6 Å². The van der Waals surface area contributed by atoms with Gasteiger partial charge in [0.15, 0.2) is 11.5 Å². The molecule has 0 bridgehead atoms. The highest BCUT2D eigenvalue weighted by Crippen LogP contribution is 2.32. The Kier molecular flexibility index (Phi) is 4.92. The van der Waals surface area contributed by atoms with Crippen LogP contribution in [0.15, 0.2) is 52.5 Å². The molecule has 26 heavy (non-hydrogen) atoms. The molecule has 0 aliphatic carbocycles. The molecule has 0 radical (unpaired) electrons. The van der Waals surface area contributed by atoms with E-state index in [1.165, 1.54) is 19.2 Å². The molecule has 9 heteroatoms. The van der Waals surface area contributed by atoms with Gasteiger partial charge in [0.2, 0.25) is 16.8 Å². The number of hydrogen-bond donors (Lipinski definition) is 2. The van der Waals surface area contributed by atoms with Crippen molar-refractivity contribution in [2.75, 3.05) is 13.8 Å². The Morgan fingerprint density at radius 1 is 1.04 bits per heavy atom. The monoisotopic (exact) mass is 375 g/mol. The van der Waals surface area contributed by atoms with Gasteiger partial charge in [-0.3, -0.25) is 4.79 Å². The normalized spacial score (nSPS) is 13.5. The van der Waals surface area contributed by atoms with Crippen LogP contribution in [0, 0.1) is 0 Å². The summed E-state index contributed by atoms with van der Waals surface area (Å²) in [7, 11) is -2.14. The van der Waals surface area contributed by atoms with Gasteiger partial charge in [-0.15, -0.1) is 0 Å². The van der Waals surface area contributed by atoms with Gasteiger partial charge in [0, 0.05) is 5.56 Å². The summed E-state index contributed by atoms with van der Waals surface area (Å²) in [6, 6.07) is 11.0. The third-order valence-corrected chi connectivity index (χ3v) is 5.24. The van der Waals surface area contributed by atoms with Crippen LogP contribution in [-0.4, -0.2) is 33.9 Å². The molecule has 2 N–H and O–H groups in total. The molecular formula is C17H17N3O5S. The molecule has 8 nitrogen and oxygen atoms in total. The molecule has 0 spiro atoms. The average molecular weight is 375 g/mol. The molecule has 1 heterocycles. The highest BCUT2D eigenvalue weighted by Gasteiger charge is 2.16. The van der Waals surface area contributed by atoms with Gasteiger partial charge >= 0.3 is 0 Å². The molecule has 0 unspecified atom stereocenters. The first kappa shape index (κ1) is 17.9. The number of benzene rings is 2. The summed E-state index contributed by atoms with van der Waals surface area (Å²) in [5, 5.41) is 4.06. The van der Waals surface area contributed by atoms with E-state index in [-0.39, 0.29) is 11.7 Å². The zero-order valence-electron chi connectivity index (χ0n) is 14.1. The third-order valence-electron chi connectivity index (χ3n) is 3.81. The van der Waals surface area contributed by atoms with Crippen molar-refractivity contribution >= 4 is 21.6 Å². The molecule has 2 aromatic carbocycles. The smallest absolute Gasteiger partial charge is 0.271 e. The first-order chi connectivity index (χ1) is 12.4. The molecule has 3 rings (SSSR count). The van der Waals surface area contributed by atoms with Crippen LogP contribution in [0.3, 0.4) is 0 Å². The Morgan fingerprint density at radius 3 is 2.38 bits per heavy atom. The number of rotatable bonds is 5. The molecule has 2 aromatic rings. The van der Waals surface area contributed by atoms with Crippen LogP contribution >= 0.6 is 0 Å². The van der Waals surface area contributed by atoms with Gasteiger partial charge < -0.3 is 9.47 Å². The Labute approximate surface area is 150 Å². The zero-order chi connectivity index (χ0) is 18.7. The minimum atomic E-state index is -3.49. The minimum absolute atomic E-state index is 0.136. The molecule has 0 atom stereocenters. The van der Waals surface area contributed by atoms with E-state index in [4.69, 9.17) is 9.47 Å². The van der Waals surface area contributed by atoms with Crippen LogP contribution in [0.25, 0.3) is 0 Å². The second kappa shape index (κ2) is 7.14. The first-order valence-corrected chi connectivity index (χ1v) is 9.17. The van der Waals surface area contributed by atoms with E-state index in [1.807, 2.05) is 0 Å². The summed E-state index contributed by atoms with van der Waals surface area (Å²) in [6.07, 6.45) is 0. The van der Waals surface area contributed by atoms with Crippen molar-refractivity contribution in [2.24, 2.45) is 5.10 Å². The van der Waals surface area contributed by atoms with Crippen molar-refractivity contribution in [3.63, 3.8) is 0 Å². The largest absolute Gasteiger partial charge is 0.454 e. The number of hydrazone groups is 1. The molecular weight excluding hydrogens is 358 g/mol. The number of fused-ring (bicyclic) bond motifs is 1. The second-order valence-electron chi connectivity index (χ2n) is 5.44. The predicted octanol–water partition coefficient (Wildman–Crippen LogP) is 1.48. The summed E-state index contributed by atoms with van der Waals surface area (Å²) < 4.78 is 36.1. The maximum Gasteiger partial charge on any atom is 0.271 e. The third kappa shape index (κ3) is 3.68. The van der Waals surface area contributed by atoms with Crippen LogP contribution in [-0.2, 0) is 10.0 Å². The van der Waals surface area contributed by atoms with Crippen molar-refractivity contribution in [3.05, 3.63) is 53.6 Å². The standard InChI is InChI=1S/C17H17N3O5S/c1-11(12-3-6-14(7-4-12)26(22,23)18-2)19-20-17(21)13-5-8-15-16(9-13)25-10-24-15/h3-9,18H,10H2,1-2H3,(H,20,21)/b19-11+. The van der Waals surface area contributed by atoms with E-state index in [1.54, 1.807) is 37.3 Å². The number of nitrogens with zero attached hydrogens (tertiary/aromatic N) is 1. The van der Waals surface area contributed by atoms with Gasteiger partial charge in [0.1, 0.15) is 0 Å². The zero-order valence-corrected chi connectivity index (χ0v) is 15.0. The fourth-order valence-electron chi connectivity index (χ4n) is 2.29. The average Bonchev–Trinajstić information content (AvgIpc) is 3.13. The number of carbonyl (C=O) groups is 1. The number of amides is 1. The van der Waals surface area contributed by atoms with Crippen molar-refractivity contribution < 1.29 is 22.7 Å². The van der Waals surface area contributed by atoms with E-state index in [2.05, 4.69) is 15.2 Å². The Morgan fingerprint density at radius 2 is 1.69 bits per heavy atom. The van der Waals surface area contributed by atoms with E-state index in [9.17, 15) is 13.2 Å². The van der Waals surface area contributed by atoms with E-state index in [0.29, 0.717) is 28.3 Å². The van der Waals surface area contributed by atoms with E-state index < -0.39 is 15.9 Å². The SMILES string of the molecule is CNS(=O)(=O)c1ccc(/C(C)=N/NC(=O)c2ccc3c(c2)OCO3)cc1. The van der Waals surface area contributed by atoms with Crippen molar-refractivity contribution in [3.8, 4) is 11.5 Å². The first-order valence-electron chi connectivity index (χ1n) is 7.69. The Hall–Kier alpha value is -2.91. The van der Waals surface area contributed by atoms with Crippen LogP contribution in [0.1, 0.15) is 22.8 Å². The molecule has 1 aliphatic heterocycles. The second-order valence-corrected chi connectivity index (χ2v) is 7.32. The number of sulfonamides is 1.